The Balaban J connectivity index is 1.59. The lowest BCUT2D eigenvalue weighted by Gasteiger charge is -2.14. The van der Waals surface area contributed by atoms with Crippen molar-refractivity contribution in [2.24, 2.45) is 4.99 Å². The Morgan fingerprint density at radius 1 is 1.08 bits per heavy atom. The zero-order chi connectivity index (χ0) is 16.6. The van der Waals surface area contributed by atoms with E-state index in [-0.39, 0.29) is 0 Å². The summed E-state index contributed by atoms with van der Waals surface area (Å²) in [6, 6.07) is 14.5. The molecule has 0 saturated heterocycles. The minimum atomic E-state index is 0.724. The summed E-state index contributed by atoms with van der Waals surface area (Å²) in [5, 5.41) is 13.1. The molecule has 2 heterocycles. The van der Waals surface area contributed by atoms with Gasteiger partial charge >= 0.3 is 0 Å². The van der Waals surface area contributed by atoms with Crippen LogP contribution in [-0.4, -0.2) is 22.8 Å². The van der Waals surface area contributed by atoms with Crippen LogP contribution in [0.3, 0.4) is 0 Å². The number of guanidine groups is 1. The van der Waals surface area contributed by atoms with Gasteiger partial charge in [0, 0.05) is 30.9 Å². The highest BCUT2D eigenvalue weighted by Gasteiger charge is 2.05. The van der Waals surface area contributed by atoms with Gasteiger partial charge in [0.25, 0.3) is 0 Å². The van der Waals surface area contributed by atoms with Gasteiger partial charge in [-0.2, -0.15) is 5.10 Å². The quantitative estimate of drug-likeness (QED) is 0.536. The van der Waals surface area contributed by atoms with E-state index in [0.717, 1.165) is 25.6 Å². The van der Waals surface area contributed by atoms with E-state index < -0.39 is 0 Å². The molecule has 3 rings (SSSR count). The Kier molecular flexibility index (Phi) is 5.63. The summed E-state index contributed by atoms with van der Waals surface area (Å²) < 4.78 is 1.93. The smallest absolute Gasteiger partial charge is 0.191 e. The van der Waals surface area contributed by atoms with E-state index >= 15 is 0 Å². The SMILES string of the molecule is CN=C(NCc1cccs1)NCc1ccccc1Cn1cccn1. The van der Waals surface area contributed by atoms with Crippen molar-refractivity contribution >= 4 is 17.3 Å². The predicted molar refractivity (Wildman–Crippen MR) is 99.1 cm³/mol. The monoisotopic (exact) mass is 339 g/mol. The van der Waals surface area contributed by atoms with Crippen molar-refractivity contribution in [3.8, 4) is 0 Å². The van der Waals surface area contributed by atoms with Gasteiger partial charge in [0.05, 0.1) is 13.1 Å². The fourth-order valence-corrected chi connectivity index (χ4v) is 3.08. The van der Waals surface area contributed by atoms with E-state index in [1.54, 1.807) is 24.6 Å². The van der Waals surface area contributed by atoms with Crippen molar-refractivity contribution in [2.75, 3.05) is 7.05 Å². The second-order valence-corrected chi connectivity index (χ2v) is 6.36. The van der Waals surface area contributed by atoms with E-state index in [9.17, 15) is 0 Å². The van der Waals surface area contributed by atoms with Gasteiger partial charge in [-0.1, -0.05) is 30.3 Å². The Bertz CT molecular complexity index is 763. The third-order valence-electron chi connectivity index (χ3n) is 3.69. The molecule has 0 bridgehead atoms. The number of hydrogen-bond acceptors (Lipinski definition) is 3. The fourth-order valence-electron chi connectivity index (χ4n) is 2.44. The van der Waals surface area contributed by atoms with E-state index in [1.807, 2.05) is 16.9 Å². The largest absolute Gasteiger partial charge is 0.352 e. The maximum absolute atomic E-state index is 4.29. The number of aromatic nitrogens is 2. The second-order valence-electron chi connectivity index (χ2n) is 5.33. The molecular formula is C18H21N5S. The molecule has 0 amide bonds. The predicted octanol–water partition coefficient (Wildman–Crippen LogP) is 2.86. The van der Waals surface area contributed by atoms with E-state index in [0.29, 0.717) is 0 Å². The van der Waals surface area contributed by atoms with Crippen LogP contribution < -0.4 is 10.6 Å². The first-order valence-corrected chi connectivity index (χ1v) is 8.74. The van der Waals surface area contributed by atoms with Crippen molar-refractivity contribution in [1.82, 2.24) is 20.4 Å². The van der Waals surface area contributed by atoms with Crippen LogP contribution >= 0.6 is 11.3 Å². The molecule has 5 nitrogen and oxygen atoms in total. The molecule has 0 spiro atoms. The summed E-state index contributed by atoms with van der Waals surface area (Å²) in [7, 11) is 1.79. The van der Waals surface area contributed by atoms with Gasteiger partial charge in [-0.15, -0.1) is 11.3 Å². The first-order valence-electron chi connectivity index (χ1n) is 7.86. The Morgan fingerprint density at radius 3 is 2.62 bits per heavy atom. The third kappa shape index (κ3) is 4.45. The molecule has 1 aromatic carbocycles. The van der Waals surface area contributed by atoms with Crippen LogP contribution in [0.1, 0.15) is 16.0 Å². The Hall–Kier alpha value is -2.60. The van der Waals surface area contributed by atoms with Gasteiger partial charge < -0.3 is 10.6 Å². The molecule has 2 N–H and O–H groups in total. The molecule has 3 aromatic rings. The number of rotatable bonds is 6. The van der Waals surface area contributed by atoms with Crippen LogP contribution in [0.25, 0.3) is 0 Å². The van der Waals surface area contributed by atoms with Gasteiger partial charge in [0.2, 0.25) is 0 Å². The minimum absolute atomic E-state index is 0.724. The standard InChI is InChI=1S/C18H21N5S/c1-19-18(21-13-17-8-4-11-24-17)20-12-15-6-2-3-7-16(15)14-23-10-5-9-22-23/h2-11H,12-14H2,1H3,(H2,19,20,21). The summed E-state index contributed by atoms with van der Waals surface area (Å²) in [6.07, 6.45) is 3.78. The van der Waals surface area contributed by atoms with Crippen LogP contribution in [0.4, 0.5) is 0 Å². The van der Waals surface area contributed by atoms with Gasteiger partial charge in [0.1, 0.15) is 0 Å². The van der Waals surface area contributed by atoms with Crippen LogP contribution in [0.2, 0.25) is 0 Å². The van der Waals surface area contributed by atoms with Crippen molar-refractivity contribution in [2.45, 2.75) is 19.6 Å². The molecule has 124 valence electrons. The zero-order valence-corrected chi connectivity index (χ0v) is 14.5. The topological polar surface area (TPSA) is 54.2 Å². The van der Waals surface area contributed by atoms with Gasteiger partial charge in [-0.05, 0) is 28.6 Å². The maximum atomic E-state index is 4.29. The molecule has 0 aliphatic carbocycles. The number of hydrogen-bond donors (Lipinski definition) is 2. The van der Waals surface area contributed by atoms with Gasteiger partial charge in [0.15, 0.2) is 5.96 Å². The van der Waals surface area contributed by atoms with Crippen LogP contribution in [0.15, 0.2) is 65.2 Å². The molecule has 0 saturated carbocycles. The average Bonchev–Trinajstić information content (AvgIpc) is 3.30. The van der Waals surface area contributed by atoms with Crippen LogP contribution in [0.5, 0.6) is 0 Å². The summed E-state index contributed by atoms with van der Waals surface area (Å²) >= 11 is 1.74. The van der Waals surface area contributed by atoms with Crippen molar-refractivity contribution < 1.29 is 0 Å². The maximum Gasteiger partial charge on any atom is 0.191 e. The van der Waals surface area contributed by atoms with E-state index in [2.05, 4.69) is 62.5 Å². The van der Waals surface area contributed by atoms with Gasteiger partial charge in [-0.3, -0.25) is 9.67 Å². The lowest BCUT2D eigenvalue weighted by atomic mass is 10.1. The van der Waals surface area contributed by atoms with Crippen molar-refractivity contribution in [3.63, 3.8) is 0 Å². The highest BCUT2D eigenvalue weighted by atomic mass is 32.1. The molecular weight excluding hydrogens is 318 g/mol. The van der Waals surface area contributed by atoms with Crippen molar-refractivity contribution in [1.29, 1.82) is 0 Å². The molecule has 0 aliphatic rings. The highest BCUT2D eigenvalue weighted by molar-refractivity contribution is 7.09. The second kappa shape index (κ2) is 8.31. The number of benzene rings is 1. The fraction of sp³-hybridized carbons (Fsp3) is 0.222. The van der Waals surface area contributed by atoms with Crippen LogP contribution in [-0.2, 0) is 19.6 Å². The lowest BCUT2D eigenvalue weighted by Crippen LogP contribution is -2.36. The lowest BCUT2D eigenvalue weighted by molar-refractivity contribution is 0.677. The number of nitrogens with zero attached hydrogens (tertiary/aromatic N) is 3. The molecule has 2 aromatic heterocycles. The number of thiophene rings is 1. The minimum Gasteiger partial charge on any atom is -0.352 e. The molecule has 0 atom stereocenters. The first-order chi connectivity index (χ1) is 11.8. The molecule has 0 radical (unpaired) electrons. The molecule has 0 fully saturated rings. The summed E-state index contributed by atoms with van der Waals surface area (Å²) in [4.78, 5) is 5.58. The third-order valence-corrected chi connectivity index (χ3v) is 4.57. The Morgan fingerprint density at radius 2 is 1.92 bits per heavy atom. The van der Waals surface area contributed by atoms with Gasteiger partial charge in [-0.25, -0.2) is 0 Å². The van der Waals surface area contributed by atoms with Crippen LogP contribution in [0, 0.1) is 0 Å². The number of nitrogens with one attached hydrogen (secondary N) is 2. The summed E-state index contributed by atoms with van der Waals surface area (Å²) in [5.41, 5.74) is 2.49. The highest BCUT2D eigenvalue weighted by Crippen LogP contribution is 2.10. The van der Waals surface area contributed by atoms with E-state index in [4.69, 9.17) is 0 Å². The molecule has 0 unspecified atom stereocenters. The molecule has 6 heteroatoms. The van der Waals surface area contributed by atoms with Crippen molar-refractivity contribution in [3.05, 3.63) is 76.2 Å². The average molecular weight is 339 g/mol. The molecule has 24 heavy (non-hydrogen) atoms. The van der Waals surface area contributed by atoms with E-state index in [1.165, 1.54) is 16.0 Å². The molecule has 0 aliphatic heterocycles. The zero-order valence-electron chi connectivity index (χ0n) is 13.6. The Labute approximate surface area is 146 Å². The summed E-state index contributed by atoms with van der Waals surface area (Å²) in [5.74, 6) is 0.803. The normalized spacial score (nSPS) is 11.5. The first kappa shape index (κ1) is 16.3. The number of aliphatic imine (C=N–C) groups is 1. The summed E-state index contributed by atoms with van der Waals surface area (Å²) in [6.45, 7) is 2.28.